The maximum absolute atomic E-state index is 11.9. The fraction of sp³-hybridized carbons (Fsp3) is 0.500. The number of carbonyl (C=O) groups is 2. The van der Waals surface area contributed by atoms with Gasteiger partial charge in [0.15, 0.2) is 0 Å². The summed E-state index contributed by atoms with van der Waals surface area (Å²) in [6.45, 7) is 0.391. The Balaban J connectivity index is 1.89. The molecule has 6 heteroatoms. The molecule has 6 nitrogen and oxygen atoms in total. The van der Waals surface area contributed by atoms with Crippen LogP contribution in [0, 0.1) is 11.8 Å². The third kappa shape index (κ3) is 3.26. The van der Waals surface area contributed by atoms with E-state index in [2.05, 4.69) is 10.3 Å². The zero-order valence-corrected chi connectivity index (χ0v) is 11.3. The Labute approximate surface area is 117 Å². The van der Waals surface area contributed by atoms with E-state index >= 15 is 0 Å². The minimum Gasteiger partial charge on any atom is -0.481 e. The topological polar surface area (TPSA) is 88.5 Å². The number of methoxy groups -OCH3 is 1. The molecule has 20 heavy (non-hydrogen) atoms. The maximum atomic E-state index is 11.9. The lowest BCUT2D eigenvalue weighted by Crippen LogP contribution is -2.33. The molecule has 1 amide bonds. The predicted molar refractivity (Wildman–Crippen MR) is 71.6 cm³/mol. The summed E-state index contributed by atoms with van der Waals surface area (Å²) in [5.74, 6) is -0.890. The fourth-order valence-electron chi connectivity index (χ4n) is 2.57. The van der Waals surface area contributed by atoms with E-state index in [-0.39, 0.29) is 17.7 Å². The summed E-state index contributed by atoms with van der Waals surface area (Å²) >= 11 is 0. The number of nitrogens with one attached hydrogen (secondary N) is 1. The largest absolute Gasteiger partial charge is 0.481 e. The Morgan fingerprint density at radius 3 is 2.85 bits per heavy atom. The summed E-state index contributed by atoms with van der Waals surface area (Å²) in [5, 5.41) is 11.9. The van der Waals surface area contributed by atoms with Gasteiger partial charge in [-0.1, -0.05) is 6.42 Å². The second-order valence-electron chi connectivity index (χ2n) is 4.93. The summed E-state index contributed by atoms with van der Waals surface area (Å²) in [7, 11) is 1.51. The standard InChI is InChI=1S/C14H18N2O4/c1-20-12-6-5-10(8-15-12)13(17)16-7-9-3-2-4-11(9)14(18)19/h5-6,8-9,11H,2-4,7H2,1H3,(H,16,17)(H,18,19). The van der Waals surface area contributed by atoms with Crippen LogP contribution in [0.2, 0.25) is 0 Å². The van der Waals surface area contributed by atoms with Crippen LogP contribution in [0.25, 0.3) is 0 Å². The first-order valence-corrected chi connectivity index (χ1v) is 6.63. The van der Waals surface area contributed by atoms with Gasteiger partial charge >= 0.3 is 5.97 Å². The molecule has 0 aliphatic heterocycles. The van der Waals surface area contributed by atoms with E-state index in [9.17, 15) is 9.59 Å². The van der Waals surface area contributed by atoms with Crippen LogP contribution in [0.1, 0.15) is 29.6 Å². The molecule has 2 N–H and O–H groups in total. The zero-order valence-electron chi connectivity index (χ0n) is 11.3. The highest BCUT2D eigenvalue weighted by atomic mass is 16.5. The van der Waals surface area contributed by atoms with Crippen molar-refractivity contribution in [2.45, 2.75) is 19.3 Å². The quantitative estimate of drug-likeness (QED) is 0.848. The molecule has 1 aromatic rings. The van der Waals surface area contributed by atoms with Gasteiger partial charge < -0.3 is 15.2 Å². The first-order chi connectivity index (χ1) is 9.61. The van der Waals surface area contributed by atoms with Crippen molar-refractivity contribution in [2.24, 2.45) is 11.8 Å². The third-order valence-corrected chi connectivity index (χ3v) is 3.71. The average molecular weight is 278 g/mol. The summed E-state index contributed by atoms with van der Waals surface area (Å²) in [6.07, 6.45) is 3.89. The monoisotopic (exact) mass is 278 g/mol. The third-order valence-electron chi connectivity index (χ3n) is 3.71. The van der Waals surface area contributed by atoms with Crippen LogP contribution in [0.3, 0.4) is 0 Å². The number of carboxylic acids is 1. The van der Waals surface area contributed by atoms with Crippen LogP contribution >= 0.6 is 0 Å². The van der Waals surface area contributed by atoms with Crippen LogP contribution in [0.15, 0.2) is 18.3 Å². The van der Waals surface area contributed by atoms with Crippen molar-refractivity contribution in [1.29, 1.82) is 0 Å². The van der Waals surface area contributed by atoms with Gasteiger partial charge in [-0.05, 0) is 24.8 Å². The van der Waals surface area contributed by atoms with Gasteiger partial charge in [0.25, 0.3) is 5.91 Å². The Morgan fingerprint density at radius 1 is 1.45 bits per heavy atom. The number of ether oxygens (including phenoxy) is 1. The number of amides is 1. The molecule has 2 rings (SSSR count). The molecule has 1 fully saturated rings. The Bertz CT molecular complexity index is 486. The van der Waals surface area contributed by atoms with Crippen molar-refractivity contribution in [3.63, 3.8) is 0 Å². The Kier molecular flexibility index (Phi) is 4.55. The highest BCUT2D eigenvalue weighted by molar-refractivity contribution is 5.93. The summed E-state index contributed by atoms with van der Waals surface area (Å²) in [4.78, 5) is 27.0. The molecule has 0 bridgehead atoms. The first-order valence-electron chi connectivity index (χ1n) is 6.63. The van der Waals surface area contributed by atoms with Crippen molar-refractivity contribution < 1.29 is 19.4 Å². The molecule has 0 radical (unpaired) electrons. The van der Waals surface area contributed by atoms with Crippen LogP contribution in [0.5, 0.6) is 5.88 Å². The van der Waals surface area contributed by atoms with Gasteiger partial charge in [0, 0.05) is 18.8 Å². The highest BCUT2D eigenvalue weighted by Crippen LogP contribution is 2.31. The number of hydrogen-bond acceptors (Lipinski definition) is 4. The fourth-order valence-corrected chi connectivity index (χ4v) is 2.57. The molecule has 1 aliphatic carbocycles. The van der Waals surface area contributed by atoms with Crippen LogP contribution in [0.4, 0.5) is 0 Å². The normalized spacial score (nSPS) is 21.4. The second kappa shape index (κ2) is 6.36. The molecule has 1 aromatic heterocycles. The molecular weight excluding hydrogens is 260 g/mol. The zero-order chi connectivity index (χ0) is 14.5. The Morgan fingerprint density at radius 2 is 2.25 bits per heavy atom. The summed E-state index contributed by atoms with van der Waals surface area (Å²) < 4.78 is 4.92. The van der Waals surface area contributed by atoms with Crippen molar-refractivity contribution in [3.05, 3.63) is 23.9 Å². The SMILES string of the molecule is COc1ccc(C(=O)NCC2CCCC2C(=O)O)cn1. The van der Waals surface area contributed by atoms with Gasteiger partial charge in [-0.2, -0.15) is 0 Å². The van der Waals surface area contributed by atoms with Crippen molar-refractivity contribution in [1.82, 2.24) is 10.3 Å². The van der Waals surface area contributed by atoms with Gasteiger partial charge in [0.1, 0.15) is 0 Å². The maximum Gasteiger partial charge on any atom is 0.306 e. The smallest absolute Gasteiger partial charge is 0.306 e. The summed E-state index contributed by atoms with van der Waals surface area (Å²) in [6, 6.07) is 3.25. The molecule has 1 heterocycles. The van der Waals surface area contributed by atoms with E-state index in [0.29, 0.717) is 24.4 Å². The number of rotatable bonds is 5. The molecule has 1 aliphatic rings. The molecular formula is C14H18N2O4. The van der Waals surface area contributed by atoms with Gasteiger partial charge in [-0.3, -0.25) is 9.59 Å². The molecule has 2 atom stereocenters. The number of aliphatic carboxylic acids is 1. The minimum absolute atomic E-state index is 0.0163. The highest BCUT2D eigenvalue weighted by Gasteiger charge is 2.32. The van der Waals surface area contributed by atoms with E-state index in [4.69, 9.17) is 9.84 Å². The number of pyridine rings is 1. The molecule has 0 spiro atoms. The number of carbonyl (C=O) groups excluding carboxylic acids is 1. The van der Waals surface area contributed by atoms with E-state index in [1.807, 2.05) is 0 Å². The molecule has 2 unspecified atom stereocenters. The minimum atomic E-state index is -0.770. The lowest BCUT2D eigenvalue weighted by molar-refractivity contribution is -0.142. The van der Waals surface area contributed by atoms with Gasteiger partial charge in [-0.25, -0.2) is 4.98 Å². The lowest BCUT2D eigenvalue weighted by Gasteiger charge is -2.16. The van der Waals surface area contributed by atoms with Gasteiger partial charge in [0.2, 0.25) is 5.88 Å². The average Bonchev–Trinajstić information content (AvgIpc) is 2.93. The first kappa shape index (κ1) is 14.3. The van der Waals surface area contributed by atoms with Crippen LogP contribution in [-0.4, -0.2) is 35.6 Å². The number of nitrogens with zero attached hydrogens (tertiary/aromatic N) is 1. The van der Waals surface area contributed by atoms with Crippen molar-refractivity contribution >= 4 is 11.9 Å². The predicted octanol–water partition coefficient (Wildman–Crippen LogP) is 1.32. The number of carboxylic acid groups (broad SMARTS) is 1. The van der Waals surface area contributed by atoms with Crippen molar-refractivity contribution in [2.75, 3.05) is 13.7 Å². The lowest BCUT2D eigenvalue weighted by atomic mass is 9.96. The summed E-state index contributed by atoms with van der Waals surface area (Å²) in [5.41, 5.74) is 0.440. The molecule has 1 saturated carbocycles. The number of aromatic nitrogens is 1. The van der Waals surface area contributed by atoms with E-state index in [1.54, 1.807) is 12.1 Å². The number of hydrogen-bond donors (Lipinski definition) is 2. The van der Waals surface area contributed by atoms with Gasteiger partial charge in [-0.15, -0.1) is 0 Å². The van der Waals surface area contributed by atoms with E-state index in [0.717, 1.165) is 12.8 Å². The molecule has 0 aromatic carbocycles. The second-order valence-corrected chi connectivity index (χ2v) is 4.93. The van der Waals surface area contributed by atoms with Crippen LogP contribution in [-0.2, 0) is 4.79 Å². The Hall–Kier alpha value is -2.11. The van der Waals surface area contributed by atoms with Crippen LogP contribution < -0.4 is 10.1 Å². The van der Waals surface area contributed by atoms with E-state index < -0.39 is 5.97 Å². The molecule has 0 saturated heterocycles. The van der Waals surface area contributed by atoms with Crippen molar-refractivity contribution in [3.8, 4) is 5.88 Å². The van der Waals surface area contributed by atoms with E-state index in [1.165, 1.54) is 13.3 Å². The van der Waals surface area contributed by atoms with Gasteiger partial charge in [0.05, 0.1) is 18.6 Å². The molecule has 108 valence electrons.